The van der Waals surface area contributed by atoms with Gasteiger partial charge >= 0.3 is 6.09 Å². The summed E-state index contributed by atoms with van der Waals surface area (Å²) in [6.45, 7) is 7.56. The number of likely N-dealkylation sites (N-methyl/N-ethyl adjacent to an activating group) is 2. The Hall–Kier alpha value is -5.59. The second-order valence-electron chi connectivity index (χ2n) is 15.4. The predicted molar refractivity (Wildman–Crippen MR) is 205 cm³/mol. The maximum absolute atomic E-state index is 14.4. The third kappa shape index (κ3) is 8.30. The van der Waals surface area contributed by atoms with Crippen LogP contribution < -0.4 is 15.4 Å². The van der Waals surface area contributed by atoms with E-state index in [0.29, 0.717) is 28.8 Å². The summed E-state index contributed by atoms with van der Waals surface area (Å²) in [5, 5.41) is 8.67. The number of fused-ring (bicyclic) bond motifs is 3. The van der Waals surface area contributed by atoms with Gasteiger partial charge in [0.1, 0.15) is 24.0 Å². The monoisotopic (exact) mass is 738 g/mol. The largest absolute Gasteiger partial charge is 0.491 e. The molecular weight excluding hydrogens is 688 g/mol. The topological polar surface area (TPSA) is 143 Å². The highest BCUT2D eigenvalue weighted by Crippen LogP contribution is 2.31. The normalized spacial score (nSPS) is 20.2. The quantitative estimate of drug-likeness (QED) is 0.314. The number of aryl methyl sites for hydroxylation is 1. The van der Waals surface area contributed by atoms with Gasteiger partial charge in [0, 0.05) is 57.3 Å². The molecule has 3 heterocycles. The molecule has 3 aromatic carbocycles. The molecule has 5 amide bonds. The second-order valence-corrected chi connectivity index (χ2v) is 15.4. The lowest BCUT2D eigenvalue weighted by molar-refractivity contribution is -0.140. The standard InChI is InChI=1S/C41H50N6O7/c1-25-37-32-20-31(14-15-33(32)45(25)6)53-24-30-19-29(43-40(52)54-41(2,3)4)22-47(30)36(49)23-44(5)35(48)17-16-34(46(7)39(37)51)38(50)42-21-26-12-13-27-10-8-9-11-28(27)18-26/h8-15,18,20,29-30,34H,16-17,19,21-24H2,1-7H3,(H,42,50)(H,43,52)/t29-,30+,34+/m1/s1. The molecular formula is C41H50N6O7. The number of carbonyl (C=O) groups is 5. The molecule has 3 atom stereocenters. The molecule has 1 aromatic heterocycles. The van der Waals surface area contributed by atoms with Crippen molar-refractivity contribution in [2.24, 2.45) is 7.05 Å². The molecule has 0 spiro atoms. The molecule has 0 unspecified atom stereocenters. The minimum atomic E-state index is -0.988. The van der Waals surface area contributed by atoms with Gasteiger partial charge in [-0.15, -0.1) is 0 Å². The molecule has 54 heavy (non-hydrogen) atoms. The zero-order valence-electron chi connectivity index (χ0n) is 32.1. The summed E-state index contributed by atoms with van der Waals surface area (Å²) >= 11 is 0. The zero-order valence-corrected chi connectivity index (χ0v) is 32.1. The Morgan fingerprint density at radius 2 is 1.69 bits per heavy atom. The van der Waals surface area contributed by atoms with Crippen LogP contribution in [0, 0.1) is 6.92 Å². The van der Waals surface area contributed by atoms with Crippen molar-refractivity contribution in [3.8, 4) is 5.75 Å². The lowest BCUT2D eigenvalue weighted by Gasteiger charge is -2.29. The molecule has 2 bridgehead atoms. The van der Waals surface area contributed by atoms with E-state index in [0.717, 1.165) is 21.9 Å². The lowest BCUT2D eigenvalue weighted by atomic mass is 10.0. The summed E-state index contributed by atoms with van der Waals surface area (Å²) in [5.41, 5.74) is 2.16. The molecule has 0 radical (unpaired) electrons. The molecule has 0 saturated carbocycles. The minimum absolute atomic E-state index is 0.0373. The molecule has 0 aliphatic carbocycles. The van der Waals surface area contributed by atoms with E-state index in [1.54, 1.807) is 39.8 Å². The van der Waals surface area contributed by atoms with Crippen LogP contribution in [0.4, 0.5) is 4.79 Å². The fourth-order valence-electron chi connectivity index (χ4n) is 7.37. The van der Waals surface area contributed by atoms with Crippen molar-refractivity contribution in [1.29, 1.82) is 0 Å². The molecule has 2 aliphatic heterocycles. The third-order valence-corrected chi connectivity index (χ3v) is 10.4. The maximum Gasteiger partial charge on any atom is 0.407 e. The molecule has 2 aliphatic rings. The van der Waals surface area contributed by atoms with E-state index >= 15 is 0 Å². The first kappa shape index (κ1) is 38.1. The van der Waals surface area contributed by atoms with Gasteiger partial charge in [-0.05, 0) is 81.1 Å². The van der Waals surface area contributed by atoms with Crippen LogP contribution in [-0.2, 0) is 32.7 Å². The van der Waals surface area contributed by atoms with Crippen molar-refractivity contribution < 1.29 is 33.4 Å². The summed E-state index contributed by atoms with van der Waals surface area (Å²) in [6, 6.07) is 17.7. The Bertz CT molecular complexity index is 2100. The van der Waals surface area contributed by atoms with Crippen molar-refractivity contribution in [2.75, 3.05) is 33.8 Å². The molecule has 13 nitrogen and oxygen atoms in total. The predicted octanol–water partition coefficient (Wildman–Crippen LogP) is 4.52. The van der Waals surface area contributed by atoms with Gasteiger partial charge in [-0.3, -0.25) is 19.2 Å². The van der Waals surface area contributed by atoms with Gasteiger partial charge in [0.25, 0.3) is 5.91 Å². The number of alkyl carbamates (subject to hydrolysis) is 1. The van der Waals surface area contributed by atoms with E-state index in [-0.39, 0.29) is 56.8 Å². The van der Waals surface area contributed by atoms with Crippen LogP contribution in [0.15, 0.2) is 60.7 Å². The van der Waals surface area contributed by atoms with Gasteiger partial charge in [0.15, 0.2) is 0 Å². The van der Waals surface area contributed by atoms with Crippen LogP contribution >= 0.6 is 0 Å². The van der Waals surface area contributed by atoms with E-state index < -0.39 is 35.7 Å². The summed E-state index contributed by atoms with van der Waals surface area (Å²) < 4.78 is 13.7. The molecule has 4 aromatic rings. The molecule has 1 saturated heterocycles. The number of rotatable bonds is 4. The van der Waals surface area contributed by atoms with E-state index in [1.165, 1.54) is 9.80 Å². The van der Waals surface area contributed by atoms with Crippen molar-refractivity contribution >= 4 is 51.4 Å². The zero-order chi connectivity index (χ0) is 38.9. The Kier molecular flexibility index (Phi) is 10.9. The highest BCUT2D eigenvalue weighted by Gasteiger charge is 2.38. The fraction of sp³-hybridized carbons (Fsp3) is 0.439. The first-order valence-electron chi connectivity index (χ1n) is 18.4. The molecule has 6 rings (SSSR count). The van der Waals surface area contributed by atoms with Crippen LogP contribution in [0.3, 0.4) is 0 Å². The number of hydrogen-bond acceptors (Lipinski definition) is 7. The SMILES string of the molecule is Cc1c2c3cc(ccc3n1C)OC[C@@H]1C[C@@H](NC(=O)OC(C)(C)C)CN1C(=O)CN(C)C(=O)CC[C@@H](C(=O)NCc1ccc3ccccc3c1)N(C)C2=O. The Labute approximate surface area is 315 Å². The van der Waals surface area contributed by atoms with Crippen LogP contribution in [0.2, 0.25) is 0 Å². The maximum atomic E-state index is 14.4. The fourth-order valence-corrected chi connectivity index (χ4v) is 7.37. The second kappa shape index (κ2) is 15.4. The molecule has 13 heteroatoms. The third-order valence-electron chi connectivity index (χ3n) is 10.4. The van der Waals surface area contributed by atoms with Crippen LogP contribution in [0.1, 0.15) is 61.6 Å². The highest BCUT2D eigenvalue weighted by atomic mass is 16.6. The van der Waals surface area contributed by atoms with Crippen LogP contribution in [0.5, 0.6) is 5.75 Å². The van der Waals surface area contributed by atoms with Crippen molar-refractivity contribution in [3.05, 3.63) is 77.5 Å². The number of ether oxygens (including phenoxy) is 2. The minimum Gasteiger partial charge on any atom is -0.491 e. The Balaban J connectivity index is 1.29. The number of benzene rings is 3. The van der Waals surface area contributed by atoms with Crippen molar-refractivity contribution in [2.45, 2.75) is 77.2 Å². The summed E-state index contributed by atoms with van der Waals surface area (Å²) in [4.78, 5) is 72.8. The van der Waals surface area contributed by atoms with Gasteiger partial charge < -0.3 is 39.4 Å². The van der Waals surface area contributed by atoms with Gasteiger partial charge in [-0.1, -0.05) is 36.4 Å². The summed E-state index contributed by atoms with van der Waals surface area (Å²) in [5.74, 6) is -0.901. The molecule has 286 valence electrons. The average Bonchev–Trinajstić information content (AvgIpc) is 3.64. The average molecular weight is 739 g/mol. The number of nitrogens with one attached hydrogen (secondary N) is 2. The Morgan fingerprint density at radius 3 is 2.43 bits per heavy atom. The summed E-state index contributed by atoms with van der Waals surface area (Å²) in [6.07, 6.45) is -0.204. The molecule has 1 fully saturated rings. The smallest absolute Gasteiger partial charge is 0.407 e. The summed E-state index contributed by atoms with van der Waals surface area (Å²) in [7, 11) is 5.01. The van der Waals surface area contributed by atoms with Crippen molar-refractivity contribution in [1.82, 2.24) is 29.9 Å². The highest BCUT2D eigenvalue weighted by molar-refractivity contribution is 6.09. The number of nitrogens with zero attached hydrogens (tertiary/aromatic N) is 4. The van der Waals surface area contributed by atoms with E-state index in [4.69, 9.17) is 9.47 Å². The number of carbonyl (C=O) groups excluding carboxylic acids is 5. The van der Waals surface area contributed by atoms with Gasteiger partial charge in [-0.25, -0.2) is 4.79 Å². The van der Waals surface area contributed by atoms with Gasteiger partial charge in [0.05, 0.1) is 24.2 Å². The van der Waals surface area contributed by atoms with E-state index in [9.17, 15) is 24.0 Å². The van der Waals surface area contributed by atoms with Gasteiger partial charge in [-0.2, -0.15) is 0 Å². The van der Waals surface area contributed by atoms with Crippen LogP contribution in [0.25, 0.3) is 21.7 Å². The van der Waals surface area contributed by atoms with E-state index in [2.05, 4.69) is 10.6 Å². The lowest BCUT2D eigenvalue weighted by Crippen LogP contribution is -2.48. The number of aromatic nitrogens is 1. The Morgan fingerprint density at radius 1 is 0.944 bits per heavy atom. The number of amides is 5. The first-order valence-corrected chi connectivity index (χ1v) is 18.4. The first-order chi connectivity index (χ1) is 25.6. The van der Waals surface area contributed by atoms with E-state index in [1.807, 2.05) is 79.2 Å². The van der Waals surface area contributed by atoms with Crippen molar-refractivity contribution in [3.63, 3.8) is 0 Å². The van der Waals surface area contributed by atoms with Crippen LogP contribution in [-0.4, -0.2) is 107 Å². The molecule has 2 N–H and O–H groups in total. The van der Waals surface area contributed by atoms with Gasteiger partial charge in [0.2, 0.25) is 17.7 Å². The number of hydrogen-bond donors (Lipinski definition) is 2.